The number of hydrogen-bond donors (Lipinski definition) is 2. The average Bonchev–Trinajstić information content (AvgIpc) is 3.20. The van der Waals surface area contributed by atoms with E-state index in [4.69, 9.17) is 23.8 Å². The highest BCUT2D eigenvalue weighted by molar-refractivity contribution is 7.80. The summed E-state index contributed by atoms with van der Waals surface area (Å²) in [5.74, 6) is 0. The van der Waals surface area contributed by atoms with Crippen LogP contribution in [0.4, 0.5) is 5.69 Å². The Morgan fingerprint density at radius 3 is 2.78 bits per heavy atom. The summed E-state index contributed by atoms with van der Waals surface area (Å²) in [6, 6.07) is 7.81. The molecule has 142 valence electrons. The average molecular weight is 403 g/mol. The number of anilines is 1. The van der Waals surface area contributed by atoms with Crippen molar-refractivity contribution in [3.05, 3.63) is 64.2 Å². The first-order valence-electron chi connectivity index (χ1n) is 8.81. The van der Waals surface area contributed by atoms with Crippen molar-refractivity contribution < 1.29 is 0 Å². The van der Waals surface area contributed by atoms with Crippen molar-refractivity contribution in [1.29, 1.82) is 0 Å². The van der Waals surface area contributed by atoms with Crippen LogP contribution in [0.15, 0.2) is 36.7 Å². The minimum absolute atomic E-state index is 0.563. The lowest BCUT2D eigenvalue weighted by Gasteiger charge is -2.11. The molecule has 2 N–H and O–H groups in total. The zero-order valence-corrected chi connectivity index (χ0v) is 17.2. The Morgan fingerprint density at radius 2 is 2.07 bits per heavy atom. The van der Waals surface area contributed by atoms with Crippen LogP contribution >= 0.6 is 23.8 Å². The fourth-order valence-electron chi connectivity index (χ4n) is 2.85. The van der Waals surface area contributed by atoms with E-state index in [-0.39, 0.29) is 0 Å². The van der Waals surface area contributed by atoms with Crippen LogP contribution in [0.3, 0.4) is 0 Å². The number of thiocarbonyl (C=S) groups is 1. The zero-order chi connectivity index (χ0) is 19.4. The van der Waals surface area contributed by atoms with E-state index in [0.29, 0.717) is 18.2 Å². The van der Waals surface area contributed by atoms with Gasteiger partial charge in [-0.3, -0.25) is 9.36 Å². The molecule has 6 nitrogen and oxygen atoms in total. The molecule has 0 amide bonds. The van der Waals surface area contributed by atoms with E-state index in [0.717, 1.165) is 39.8 Å². The fraction of sp³-hybridized carbons (Fsp3) is 0.316. The second-order valence-electron chi connectivity index (χ2n) is 6.35. The summed E-state index contributed by atoms with van der Waals surface area (Å²) in [6.07, 6.45) is 3.85. The molecule has 1 aromatic carbocycles. The predicted molar refractivity (Wildman–Crippen MR) is 113 cm³/mol. The largest absolute Gasteiger partial charge is 0.358 e. The molecule has 0 atom stereocenters. The van der Waals surface area contributed by atoms with Crippen LogP contribution in [-0.2, 0) is 19.6 Å². The SMILES string of the molecule is CCn1cc(CNC(=S)Nc2c(C)nn(Cc3cccc(Cl)c3)c2C)cn1. The summed E-state index contributed by atoms with van der Waals surface area (Å²) in [7, 11) is 0. The number of nitrogens with zero attached hydrogens (tertiary/aromatic N) is 4. The molecule has 0 bridgehead atoms. The Kier molecular flexibility index (Phi) is 6.13. The predicted octanol–water partition coefficient (Wildman–Crippen LogP) is 3.90. The molecular formula is C19H23ClN6S. The van der Waals surface area contributed by atoms with E-state index in [1.807, 2.05) is 59.9 Å². The van der Waals surface area contributed by atoms with E-state index in [9.17, 15) is 0 Å². The van der Waals surface area contributed by atoms with Crippen LogP contribution in [0, 0.1) is 13.8 Å². The minimum Gasteiger partial charge on any atom is -0.358 e. The third-order valence-corrected chi connectivity index (χ3v) is 4.79. The van der Waals surface area contributed by atoms with Crippen molar-refractivity contribution in [1.82, 2.24) is 24.9 Å². The molecule has 0 aliphatic carbocycles. The number of hydrogen-bond acceptors (Lipinski definition) is 3. The number of benzene rings is 1. The minimum atomic E-state index is 0.563. The first-order chi connectivity index (χ1) is 13.0. The number of aromatic nitrogens is 4. The lowest BCUT2D eigenvalue weighted by Crippen LogP contribution is -2.28. The highest BCUT2D eigenvalue weighted by atomic mass is 35.5. The van der Waals surface area contributed by atoms with Gasteiger partial charge in [-0.25, -0.2) is 0 Å². The van der Waals surface area contributed by atoms with Crippen LogP contribution in [-0.4, -0.2) is 24.7 Å². The maximum Gasteiger partial charge on any atom is 0.171 e. The molecule has 2 heterocycles. The van der Waals surface area contributed by atoms with E-state index in [1.54, 1.807) is 0 Å². The summed E-state index contributed by atoms with van der Waals surface area (Å²) >= 11 is 11.5. The van der Waals surface area contributed by atoms with Gasteiger partial charge in [0.25, 0.3) is 0 Å². The van der Waals surface area contributed by atoms with Gasteiger partial charge in [0.15, 0.2) is 5.11 Å². The quantitative estimate of drug-likeness (QED) is 0.612. The number of halogens is 1. The monoisotopic (exact) mass is 402 g/mol. The first kappa shape index (κ1) is 19.4. The number of rotatable bonds is 6. The summed E-state index contributed by atoms with van der Waals surface area (Å²) in [5, 5.41) is 16.7. The third-order valence-electron chi connectivity index (χ3n) is 4.31. The van der Waals surface area contributed by atoms with Gasteiger partial charge in [0, 0.05) is 29.9 Å². The molecule has 0 unspecified atom stereocenters. The van der Waals surface area contributed by atoms with Crippen LogP contribution in [0.25, 0.3) is 0 Å². The van der Waals surface area contributed by atoms with Crippen LogP contribution in [0.1, 0.15) is 29.4 Å². The molecule has 0 saturated heterocycles. The van der Waals surface area contributed by atoms with Crippen LogP contribution < -0.4 is 10.6 Å². The van der Waals surface area contributed by atoms with Gasteiger partial charge >= 0.3 is 0 Å². The van der Waals surface area contributed by atoms with E-state index in [2.05, 4.69) is 27.8 Å². The molecule has 27 heavy (non-hydrogen) atoms. The standard InChI is InChI=1S/C19H23ClN6S/c1-4-25-11-16(10-22-25)9-21-19(27)23-18-13(2)24-26(14(18)3)12-15-6-5-7-17(20)8-15/h5-8,10-11H,4,9,12H2,1-3H3,(H2,21,23,27). The van der Waals surface area contributed by atoms with Gasteiger partial charge < -0.3 is 10.6 Å². The number of aryl methyl sites for hydroxylation is 2. The smallest absolute Gasteiger partial charge is 0.171 e. The Balaban J connectivity index is 1.64. The van der Waals surface area contributed by atoms with Crippen molar-refractivity contribution in [3.63, 3.8) is 0 Å². The molecule has 0 radical (unpaired) electrons. The van der Waals surface area contributed by atoms with Gasteiger partial charge in [0.05, 0.1) is 29.8 Å². The molecule has 0 aliphatic heterocycles. The van der Waals surface area contributed by atoms with Crippen LogP contribution in [0.2, 0.25) is 5.02 Å². The Hall–Kier alpha value is -2.38. The van der Waals surface area contributed by atoms with Gasteiger partial charge in [-0.2, -0.15) is 10.2 Å². The Morgan fingerprint density at radius 1 is 1.26 bits per heavy atom. The van der Waals surface area contributed by atoms with Gasteiger partial charge in [0.1, 0.15) is 0 Å². The van der Waals surface area contributed by atoms with Crippen molar-refractivity contribution in [2.75, 3.05) is 5.32 Å². The summed E-state index contributed by atoms with van der Waals surface area (Å²) in [6.45, 7) is 8.19. The topological polar surface area (TPSA) is 59.7 Å². The molecule has 0 saturated carbocycles. The molecule has 0 aliphatic rings. The second kappa shape index (κ2) is 8.54. The Bertz CT molecular complexity index is 946. The molecule has 0 fully saturated rings. The molecule has 2 aromatic heterocycles. The van der Waals surface area contributed by atoms with E-state index in [1.165, 1.54) is 0 Å². The van der Waals surface area contributed by atoms with Gasteiger partial charge in [-0.15, -0.1) is 0 Å². The summed E-state index contributed by atoms with van der Waals surface area (Å²) < 4.78 is 3.85. The fourth-order valence-corrected chi connectivity index (χ4v) is 3.24. The zero-order valence-electron chi connectivity index (χ0n) is 15.7. The molecular weight excluding hydrogens is 380 g/mol. The Labute approximate surface area is 169 Å². The molecule has 3 aromatic rings. The van der Waals surface area contributed by atoms with Crippen molar-refractivity contribution in [3.8, 4) is 0 Å². The normalized spacial score (nSPS) is 10.8. The maximum absolute atomic E-state index is 6.08. The van der Waals surface area contributed by atoms with Gasteiger partial charge in [-0.05, 0) is 50.7 Å². The molecule has 8 heteroatoms. The maximum atomic E-state index is 6.08. The van der Waals surface area contributed by atoms with Gasteiger partial charge in [-0.1, -0.05) is 23.7 Å². The second-order valence-corrected chi connectivity index (χ2v) is 7.19. The highest BCUT2D eigenvalue weighted by Crippen LogP contribution is 2.21. The molecule has 0 spiro atoms. The summed E-state index contributed by atoms with van der Waals surface area (Å²) in [4.78, 5) is 0. The summed E-state index contributed by atoms with van der Waals surface area (Å²) in [5.41, 5.74) is 5.05. The lowest BCUT2D eigenvalue weighted by molar-refractivity contribution is 0.659. The van der Waals surface area contributed by atoms with Crippen molar-refractivity contribution in [2.24, 2.45) is 0 Å². The highest BCUT2D eigenvalue weighted by Gasteiger charge is 2.13. The van der Waals surface area contributed by atoms with Crippen molar-refractivity contribution in [2.45, 2.75) is 40.4 Å². The van der Waals surface area contributed by atoms with Gasteiger partial charge in [0.2, 0.25) is 0 Å². The van der Waals surface area contributed by atoms with Crippen molar-refractivity contribution >= 4 is 34.6 Å². The van der Waals surface area contributed by atoms with E-state index >= 15 is 0 Å². The van der Waals surface area contributed by atoms with Crippen LogP contribution in [0.5, 0.6) is 0 Å². The van der Waals surface area contributed by atoms with E-state index < -0.39 is 0 Å². The lowest BCUT2D eigenvalue weighted by atomic mass is 10.2. The number of nitrogens with one attached hydrogen (secondary N) is 2. The molecule has 3 rings (SSSR count). The third kappa shape index (κ3) is 4.87. The first-order valence-corrected chi connectivity index (χ1v) is 9.59.